The van der Waals surface area contributed by atoms with E-state index in [0.29, 0.717) is 24.3 Å². The van der Waals surface area contributed by atoms with Gasteiger partial charge in [-0.05, 0) is 37.1 Å². The molecule has 0 aliphatic carbocycles. The van der Waals surface area contributed by atoms with Crippen molar-refractivity contribution >= 4 is 17.5 Å². The standard InChI is InChI=1S/C19H18N6O/c20-12-13-8-10-24(11-9-13)18(26)15-6-4-14(5-7-15)16-2-1-3-17-22-19(21)23-25(16)17/h1-7,13H,8-11H2,(H2,21,23). The van der Waals surface area contributed by atoms with E-state index in [1.807, 2.05) is 47.4 Å². The van der Waals surface area contributed by atoms with E-state index in [0.717, 1.165) is 24.1 Å². The van der Waals surface area contributed by atoms with Crippen LogP contribution in [-0.2, 0) is 0 Å². The highest BCUT2D eigenvalue weighted by Gasteiger charge is 2.23. The second kappa shape index (κ2) is 6.48. The summed E-state index contributed by atoms with van der Waals surface area (Å²) in [4.78, 5) is 18.6. The van der Waals surface area contributed by atoms with Gasteiger partial charge in [0.05, 0.1) is 11.8 Å². The van der Waals surface area contributed by atoms with Crippen molar-refractivity contribution in [1.29, 1.82) is 5.26 Å². The average molecular weight is 346 g/mol. The zero-order chi connectivity index (χ0) is 18.1. The predicted octanol–water partition coefficient (Wildman–Crippen LogP) is 2.35. The van der Waals surface area contributed by atoms with Crippen LogP contribution >= 0.6 is 0 Å². The minimum Gasteiger partial charge on any atom is -0.366 e. The van der Waals surface area contributed by atoms with E-state index in [9.17, 15) is 4.79 Å². The summed E-state index contributed by atoms with van der Waals surface area (Å²) in [5, 5.41) is 13.2. The zero-order valence-electron chi connectivity index (χ0n) is 14.2. The molecule has 1 saturated heterocycles. The van der Waals surface area contributed by atoms with Crippen LogP contribution in [0.3, 0.4) is 0 Å². The smallest absolute Gasteiger partial charge is 0.253 e. The summed E-state index contributed by atoms with van der Waals surface area (Å²) in [6, 6.07) is 15.4. The molecule has 7 heteroatoms. The quantitative estimate of drug-likeness (QED) is 0.768. The molecule has 0 unspecified atom stereocenters. The molecule has 2 aromatic heterocycles. The Hall–Kier alpha value is -3.40. The molecule has 0 bridgehead atoms. The Kier molecular flexibility index (Phi) is 4.01. The van der Waals surface area contributed by atoms with E-state index < -0.39 is 0 Å². The Labute approximate surface area is 150 Å². The van der Waals surface area contributed by atoms with Gasteiger partial charge in [-0.15, -0.1) is 5.10 Å². The highest BCUT2D eigenvalue weighted by Crippen LogP contribution is 2.23. The van der Waals surface area contributed by atoms with Crippen molar-refractivity contribution in [2.75, 3.05) is 18.8 Å². The molecule has 26 heavy (non-hydrogen) atoms. The van der Waals surface area contributed by atoms with Crippen LogP contribution in [0.15, 0.2) is 42.5 Å². The number of carbonyl (C=O) groups is 1. The number of hydrogen-bond acceptors (Lipinski definition) is 5. The number of hydrogen-bond donors (Lipinski definition) is 1. The number of rotatable bonds is 2. The number of nitrogen functional groups attached to an aromatic ring is 1. The Bertz CT molecular complexity index is 993. The van der Waals surface area contributed by atoms with Crippen LogP contribution in [-0.4, -0.2) is 38.5 Å². The second-order valence-electron chi connectivity index (χ2n) is 6.42. The fraction of sp³-hybridized carbons (Fsp3) is 0.263. The summed E-state index contributed by atoms with van der Waals surface area (Å²) in [5.41, 5.74) is 8.81. The van der Waals surface area contributed by atoms with Gasteiger partial charge in [0.25, 0.3) is 5.91 Å². The molecule has 0 radical (unpaired) electrons. The maximum atomic E-state index is 12.7. The Morgan fingerprint density at radius 3 is 2.58 bits per heavy atom. The molecular weight excluding hydrogens is 328 g/mol. The van der Waals surface area contributed by atoms with E-state index in [1.54, 1.807) is 4.52 Å². The van der Waals surface area contributed by atoms with Crippen molar-refractivity contribution in [1.82, 2.24) is 19.5 Å². The van der Waals surface area contributed by atoms with Gasteiger partial charge < -0.3 is 10.6 Å². The van der Waals surface area contributed by atoms with Gasteiger partial charge in [-0.2, -0.15) is 10.2 Å². The highest BCUT2D eigenvalue weighted by molar-refractivity contribution is 5.94. The predicted molar refractivity (Wildman–Crippen MR) is 97.1 cm³/mol. The van der Waals surface area contributed by atoms with Crippen molar-refractivity contribution in [3.8, 4) is 17.3 Å². The number of likely N-dealkylation sites (tertiary alicyclic amines) is 1. The molecule has 1 aliphatic rings. The van der Waals surface area contributed by atoms with Crippen LogP contribution in [0.4, 0.5) is 5.95 Å². The normalized spacial score (nSPS) is 15.1. The number of fused-ring (bicyclic) bond motifs is 1. The molecule has 3 heterocycles. The lowest BCUT2D eigenvalue weighted by atomic mass is 9.98. The van der Waals surface area contributed by atoms with Gasteiger partial charge >= 0.3 is 0 Å². The first-order valence-electron chi connectivity index (χ1n) is 8.56. The third-order valence-corrected chi connectivity index (χ3v) is 4.77. The van der Waals surface area contributed by atoms with Crippen molar-refractivity contribution in [2.24, 2.45) is 5.92 Å². The Morgan fingerprint density at radius 1 is 1.15 bits per heavy atom. The lowest BCUT2D eigenvalue weighted by Crippen LogP contribution is -2.38. The van der Waals surface area contributed by atoms with Gasteiger partial charge in [0.1, 0.15) is 0 Å². The number of carbonyl (C=O) groups excluding carboxylic acids is 1. The molecule has 1 aliphatic heterocycles. The minimum atomic E-state index is 0.0103. The van der Waals surface area contributed by atoms with Crippen LogP contribution in [0.5, 0.6) is 0 Å². The summed E-state index contributed by atoms with van der Waals surface area (Å²) >= 11 is 0. The van der Waals surface area contributed by atoms with E-state index in [4.69, 9.17) is 11.0 Å². The van der Waals surface area contributed by atoms with Gasteiger partial charge in [-0.25, -0.2) is 4.52 Å². The molecule has 3 aromatic rings. The third kappa shape index (κ3) is 2.86. The molecule has 2 N–H and O–H groups in total. The molecular formula is C19H18N6O. The summed E-state index contributed by atoms with van der Waals surface area (Å²) in [7, 11) is 0. The van der Waals surface area contributed by atoms with Crippen LogP contribution in [0.25, 0.3) is 16.9 Å². The molecule has 0 saturated carbocycles. The van der Waals surface area contributed by atoms with Crippen molar-refractivity contribution in [2.45, 2.75) is 12.8 Å². The zero-order valence-corrected chi connectivity index (χ0v) is 14.2. The minimum absolute atomic E-state index is 0.0103. The van der Waals surface area contributed by atoms with Gasteiger partial charge in [0, 0.05) is 30.1 Å². The topological polar surface area (TPSA) is 100 Å². The molecule has 7 nitrogen and oxygen atoms in total. The van der Waals surface area contributed by atoms with Crippen LogP contribution < -0.4 is 5.73 Å². The summed E-state index contributed by atoms with van der Waals surface area (Å²) in [6.45, 7) is 1.27. The number of aromatic nitrogens is 3. The molecule has 130 valence electrons. The Morgan fingerprint density at radius 2 is 1.88 bits per heavy atom. The number of nitriles is 1. The maximum Gasteiger partial charge on any atom is 0.253 e. The Balaban J connectivity index is 1.57. The molecule has 1 amide bonds. The lowest BCUT2D eigenvalue weighted by molar-refractivity contribution is 0.0707. The molecule has 0 spiro atoms. The first kappa shape index (κ1) is 16.1. The monoisotopic (exact) mass is 346 g/mol. The van der Waals surface area contributed by atoms with E-state index in [2.05, 4.69) is 16.2 Å². The number of amides is 1. The number of pyridine rings is 1. The first-order valence-corrected chi connectivity index (χ1v) is 8.56. The van der Waals surface area contributed by atoms with Gasteiger partial charge in [-0.3, -0.25) is 4.79 Å². The number of benzene rings is 1. The second-order valence-corrected chi connectivity index (χ2v) is 6.42. The first-order chi connectivity index (χ1) is 12.7. The maximum absolute atomic E-state index is 12.7. The molecule has 0 atom stereocenters. The number of anilines is 1. The van der Waals surface area contributed by atoms with Crippen LogP contribution in [0.1, 0.15) is 23.2 Å². The summed E-state index contributed by atoms with van der Waals surface area (Å²) in [6.07, 6.45) is 1.49. The van der Waals surface area contributed by atoms with Gasteiger partial charge in [0.15, 0.2) is 5.65 Å². The fourth-order valence-corrected chi connectivity index (χ4v) is 3.32. The highest BCUT2D eigenvalue weighted by atomic mass is 16.2. The average Bonchev–Trinajstić information content (AvgIpc) is 3.08. The number of nitrogens with two attached hydrogens (primary N) is 1. The van der Waals surface area contributed by atoms with Crippen molar-refractivity contribution in [3.63, 3.8) is 0 Å². The van der Waals surface area contributed by atoms with Crippen LogP contribution in [0, 0.1) is 17.2 Å². The third-order valence-electron chi connectivity index (χ3n) is 4.77. The molecule has 4 rings (SSSR count). The van der Waals surface area contributed by atoms with Crippen molar-refractivity contribution < 1.29 is 4.79 Å². The van der Waals surface area contributed by atoms with E-state index in [1.165, 1.54) is 0 Å². The van der Waals surface area contributed by atoms with Crippen LogP contribution in [0.2, 0.25) is 0 Å². The summed E-state index contributed by atoms with van der Waals surface area (Å²) < 4.78 is 1.69. The SMILES string of the molecule is N#CC1CCN(C(=O)c2ccc(-c3cccc4nc(N)nn34)cc2)CC1. The number of piperidine rings is 1. The van der Waals surface area contributed by atoms with E-state index >= 15 is 0 Å². The largest absolute Gasteiger partial charge is 0.366 e. The number of nitrogens with zero attached hydrogens (tertiary/aromatic N) is 5. The molecule has 1 aromatic carbocycles. The van der Waals surface area contributed by atoms with Gasteiger partial charge in [-0.1, -0.05) is 18.2 Å². The summed E-state index contributed by atoms with van der Waals surface area (Å²) in [5.74, 6) is 0.304. The lowest BCUT2D eigenvalue weighted by Gasteiger charge is -2.29. The van der Waals surface area contributed by atoms with Crippen molar-refractivity contribution in [3.05, 3.63) is 48.0 Å². The van der Waals surface area contributed by atoms with E-state index in [-0.39, 0.29) is 17.8 Å². The fourth-order valence-electron chi connectivity index (χ4n) is 3.32. The van der Waals surface area contributed by atoms with Gasteiger partial charge in [0.2, 0.25) is 5.95 Å². The molecule has 1 fully saturated rings.